The van der Waals surface area contributed by atoms with Crippen LogP contribution in [0, 0.1) is 12.7 Å². The Morgan fingerprint density at radius 2 is 2.16 bits per heavy atom. The highest BCUT2D eigenvalue weighted by Gasteiger charge is 2.12. The molecule has 0 aliphatic rings. The molecule has 4 heteroatoms. The van der Waals surface area contributed by atoms with Crippen LogP contribution in [0.25, 0.3) is 5.69 Å². The highest BCUT2D eigenvalue weighted by Crippen LogP contribution is 2.20. The Morgan fingerprint density at radius 3 is 2.79 bits per heavy atom. The average Bonchev–Trinajstić information content (AvgIpc) is 2.74. The van der Waals surface area contributed by atoms with Gasteiger partial charge in [-0.1, -0.05) is 13.3 Å². The van der Waals surface area contributed by atoms with Gasteiger partial charge in [-0.3, -0.25) is 0 Å². The van der Waals surface area contributed by atoms with Crippen molar-refractivity contribution in [1.29, 1.82) is 0 Å². The molecule has 0 radical (unpaired) electrons. The number of benzene rings is 1. The largest absolute Gasteiger partial charge is 0.316 e. The van der Waals surface area contributed by atoms with Gasteiger partial charge in [-0.25, -0.2) is 9.07 Å². The smallest absolute Gasteiger partial charge is 0.123 e. The summed E-state index contributed by atoms with van der Waals surface area (Å²) < 4.78 is 15.1. The molecule has 2 rings (SSSR count). The van der Waals surface area contributed by atoms with Gasteiger partial charge < -0.3 is 5.32 Å². The van der Waals surface area contributed by atoms with Crippen molar-refractivity contribution in [3.63, 3.8) is 0 Å². The molecule has 2 aromatic rings. The first-order chi connectivity index (χ1) is 9.17. The van der Waals surface area contributed by atoms with Crippen molar-refractivity contribution in [2.45, 2.75) is 33.2 Å². The van der Waals surface area contributed by atoms with Crippen LogP contribution in [0.3, 0.4) is 0 Å². The molecule has 0 bridgehead atoms. The van der Waals surface area contributed by atoms with E-state index < -0.39 is 0 Å². The van der Waals surface area contributed by atoms with Crippen molar-refractivity contribution in [3.05, 3.63) is 47.0 Å². The fourth-order valence-corrected chi connectivity index (χ4v) is 2.31. The summed E-state index contributed by atoms with van der Waals surface area (Å²) in [7, 11) is 1.93. The second kappa shape index (κ2) is 5.97. The Bertz CT molecular complexity index is 561. The van der Waals surface area contributed by atoms with Crippen LogP contribution >= 0.6 is 0 Å². The molecule has 0 aliphatic heterocycles. The van der Waals surface area contributed by atoms with Crippen LogP contribution in [0.5, 0.6) is 0 Å². The van der Waals surface area contributed by atoms with Crippen LogP contribution in [-0.2, 0) is 13.0 Å². The van der Waals surface area contributed by atoms with E-state index in [2.05, 4.69) is 17.3 Å². The summed E-state index contributed by atoms with van der Waals surface area (Å²) in [4.78, 5) is 0. The van der Waals surface area contributed by atoms with Crippen LogP contribution in [0.4, 0.5) is 4.39 Å². The van der Waals surface area contributed by atoms with Crippen molar-refractivity contribution in [1.82, 2.24) is 15.1 Å². The molecule has 0 atom stereocenters. The van der Waals surface area contributed by atoms with Gasteiger partial charge in [0, 0.05) is 17.8 Å². The maximum Gasteiger partial charge on any atom is 0.123 e. The van der Waals surface area contributed by atoms with Crippen molar-refractivity contribution < 1.29 is 4.39 Å². The van der Waals surface area contributed by atoms with E-state index >= 15 is 0 Å². The number of nitrogens with one attached hydrogen (secondary N) is 1. The van der Waals surface area contributed by atoms with Crippen molar-refractivity contribution >= 4 is 0 Å². The molecule has 19 heavy (non-hydrogen) atoms. The van der Waals surface area contributed by atoms with Crippen LogP contribution < -0.4 is 5.32 Å². The standard InChI is InChI=1S/C15H20FN3/c1-4-5-15-12(9-17-3)10-18-19(15)14-7-6-13(16)8-11(14)2/h6-8,10,17H,4-5,9H2,1-3H3. The molecule has 0 amide bonds. The van der Waals surface area contributed by atoms with Gasteiger partial charge in [0.1, 0.15) is 5.82 Å². The van der Waals surface area contributed by atoms with Gasteiger partial charge in [-0.05, 0) is 44.2 Å². The summed E-state index contributed by atoms with van der Waals surface area (Å²) in [6.45, 7) is 4.86. The highest BCUT2D eigenvalue weighted by atomic mass is 19.1. The normalized spacial score (nSPS) is 10.9. The average molecular weight is 261 g/mol. The topological polar surface area (TPSA) is 29.9 Å². The second-order valence-corrected chi connectivity index (χ2v) is 4.74. The molecule has 0 saturated heterocycles. The fourth-order valence-electron chi connectivity index (χ4n) is 2.31. The van der Waals surface area contributed by atoms with E-state index in [1.54, 1.807) is 12.1 Å². The van der Waals surface area contributed by atoms with E-state index in [0.717, 1.165) is 30.6 Å². The first-order valence-corrected chi connectivity index (χ1v) is 6.64. The Morgan fingerprint density at radius 1 is 1.37 bits per heavy atom. The molecular weight excluding hydrogens is 241 g/mol. The van der Waals surface area contributed by atoms with Crippen LogP contribution in [-0.4, -0.2) is 16.8 Å². The lowest BCUT2D eigenvalue weighted by Gasteiger charge is -2.11. The third kappa shape index (κ3) is 2.84. The summed E-state index contributed by atoms with van der Waals surface area (Å²) >= 11 is 0. The number of hydrogen-bond donors (Lipinski definition) is 1. The lowest BCUT2D eigenvalue weighted by Crippen LogP contribution is -2.09. The van der Waals surface area contributed by atoms with Crippen LogP contribution in [0.1, 0.15) is 30.2 Å². The lowest BCUT2D eigenvalue weighted by molar-refractivity contribution is 0.625. The molecule has 102 valence electrons. The van der Waals surface area contributed by atoms with E-state index in [1.165, 1.54) is 17.3 Å². The lowest BCUT2D eigenvalue weighted by atomic mass is 10.1. The Kier molecular flexibility index (Phi) is 4.32. The number of hydrogen-bond acceptors (Lipinski definition) is 2. The monoisotopic (exact) mass is 261 g/mol. The summed E-state index contributed by atoms with van der Waals surface area (Å²) in [6, 6.07) is 4.82. The minimum Gasteiger partial charge on any atom is -0.316 e. The minimum absolute atomic E-state index is 0.208. The first-order valence-electron chi connectivity index (χ1n) is 6.64. The Balaban J connectivity index is 2.48. The SMILES string of the molecule is CCCc1c(CNC)cnn1-c1ccc(F)cc1C. The number of rotatable bonds is 5. The predicted molar refractivity (Wildman–Crippen MR) is 75.0 cm³/mol. The highest BCUT2D eigenvalue weighted by molar-refractivity contribution is 5.42. The van der Waals surface area contributed by atoms with Gasteiger partial charge in [0.25, 0.3) is 0 Å². The molecule has 1 heterocycles. The van der Waals surface area contributed by atoms with Gasteiger partial charge in [-0.15, -0.1) is 0 Å². The first kappa shape index (κ1) is 13.7. The summed E-state index contributed by atoms with van der Waals surface area (Å²) in [6.07, 6.45) is 3.92. The molecule has 0 unspecified atom stereocenters. The molecule has 1 aromatic heterocycles. The molecule has 0 saturated carbocycles. The Labute approximate surface area is 113 Å². The molecule has 1 aromatic carbocycles. The van der Waals surface area contributed by atoms with E-state index in [1.807, 2.05) is 24.9 Å². The number of aromatic nitrogens is 2. The van der Waals surface area contributed by atoms with Gasteiger partial charge in [0.2, 0.25) is 0 Å². The van der Waals surface area contributed by atoms with Crippen molar-refractivity contribution in [2.75, 3.05) is 7.05 Å². The maximum atomic E-state index is 13.2. The second-order valence-electron chi connectivity index (χ2n) is 4.74. The number of halogens is 1. The molecule has 0 spiro atoms. The van der Waals surface area contributed by atoms with Crippen LogP contribution in [0.2, 0.25) is 0 Å². The van der Waals surface area contributed by atoms with E-state index in [-0.39, 0.29) is 5.82 Å². The van der Waals surface area contributed by atoms with E-state index in [9.17, 15) is 4.39 Å². The van der Waals surface area contributed by atoms with Crippen molar-refractivity contribution in [2.24, 2.45) is 0 Å². The molecular formula is C15H20FN3. The minimum atomic E-state index is -0.208. The Hall–Kier alpha value is -1.68. The summed E-state index contributed by atoms with van der Waals surface area (Å²) in [5, 5.41) is 7.63. The van der Waals surface area contributed by atoms with Crippen molar-refractivity contribution in [3.8, 4) is 5.69 Å². The van der Waals surface area contributed by atoms with E-state index in [4.69, 9.17) is 0 Å². The zero-order valence-corrected chi connectivity index (χ0v) is 11.7. The van der Waals surface area contributed by atoms with Gasteiger partial charge in [-0.2, -0.15) is 5.10 Å². The van der Waals surface area contributed by atoms with Gasteiger partial charge in [0.05, 0.1) is 11.9 Å². The van der Waals surface area contributed by atoms with Gasteiger partial charge >= 0.3 is 0 Å². The maximum absolute atomic E-state index is 13.2. The predicted octanol–water partition coefficient (Wildman–Crippen LogP) is 2.99. The molecule has 0 aliphatic carbocycles. The quantitative estimate of drug-likeness (QED) is 0.896. The molecule has 3 nitrogen and oxygen atoms in total. The van der Waals surface area contributed by atoms with Crippen LogP contribution in [0.15, 0.2) is 24.4 Å². The third-order valence-corrected chi connectivity index (χ3v) is 3.20. The van der Waals surface area contributed by atoms with E-state index in [0.29, 0.717) is 0 Å². The number of aryl methyl sites for hydroxylation is 1. The summed E-state index contributed by atoms with van der Waals surface area (Å²) in [5.74, 6) is -0.208. The molecule has 0 fully saturated rings. The third-order valence-electron chi connectivity index (χ3n) is 3.20. The zero-order valence-electron chi connectivity index (χ0n) is 11.7. The zero-order chi connectivity index (χ0) is 13.8. The van der Waals surface area contributed by atoms with Gasteiger partial charge in [0.15, 0.2) is 0 Å². The number of nitrogens with zero attached hydrogens (tertiary/aromatic N) is 2. The molecule has 1 N–H and O–H groups in total. The fraction of sp³-hybridized carbons (Fsp3) is 0.400. The summed E-state index contributed by atoms with van der Waals surface area (Å²) in [5.41, 5.74) is 4.25.